The van der Waals surface area contributed by atoms with Gasteiger partial charge in [-0.05, 0) is 18.6 Å². The lowest BCUT2D eigenvalue weighted by Gasteiger charge is -2.21. The molecule has 5 nitrogen and oxygen atoms in total. The van der Waals surface area contributed by atoms with Crippen molar-refractivity contribution >= 4 is 29.1 Å². The summed E-state index contributed by atoms with van der Waals surface area (Å²) in [7, 11) is 0. The number of benzene rings is 1. The molecule has 6 heteroatoms. The Kier molecular flexibility index (Phi) is 5.63. The summed E-state index contributed by atoms with van der Waals surface area (Å²) < 4.78 is 0. The quantitative estimate of drug-likeness (QED) is 0.778. The Morgan fingerprint density at radius 1 is 1.37 bits per heavy atom. The van der Waals surface area contributed by atoms with Crippen LogP contribution in [0.4, 0.5) is 5.69 Å². The number of nitrogens with two attached hydrogens (primary N) is 2. The second kappa shape index (κ2) is 6.99. The summed E-state index contributed by atoms with van der Waals surface area (Å²) >= 11 is 5.89. The maximum atomic E-state index is 12.3. The molecule has 0 saturated carbocycles. The van der Waals surface area contributed by atoms with Gasteiger partial charge in [0.05, 0.1) is 22.8 Å². The van der Waals surface area contributed by atoms with E-state index in [-0.39, 0.29) is 18.1 Å². The van der Waals surface area contributed by atoms with Gasteiger partial charge in [-0.15, -0.1) is 0 Å². The summed E-state index contributed by atoms with van der Waals surface area (Å²) in [6, 6.07) is 4.84. The lowest BCUT2D eigenvalue weighted by molar-refractivity contribution is -0.118. The predicted molar refractivity (Wildman–Crippen MR) is 75.9 cm³/mol. The third-order valence-corrected chi connectivity index (χ3v) is 3.03. The Balaban J connectivity index is 2.97. The van der Waals surface area contributed by atoms with E-state index in [2.05, 4.69) is 0 Å². The van der Waals surface area contributed by atoms with Gasteiger partial charge < -0.3 is 16.4 Å². The number of nitrogen functional groups attached to an aromatic ring is 1. The molecule has 0 heterocycles. The molecular weight excluding hydrogens is 266 g/mol. The van der Waals surface area contributed by atoms with Crippen molar-refractivity contribution in [2.75, 3.05) is 18.8 Å². The Bertz CT molecular complexity index is 477. The van der Waals surface area contributed by atoms with Crippen LogP contribution in [0, 0.1) is 0 Å². The number of para-hydroxylation sites is 1. The number of primary amides is 1. The molecule has 0 bridgehead atoms. The van der Waals surface area contributed by atoms with Gasteiger partial charge in [-0.1, -0.05) is 31.0 Å². The van der Waals surface area contributed by atoms with Gasteiger partial charge >= 0.3 is 0 Å². The summed E-state index contributed by atoms with van der Waals surface area (Å²) in [5, 5.41) is 0.320. The summed E-state index contributed by atoms with van der Waals surface area (Å²) in [5.41, 5.74) is 11.5. The van der Waals surface area contributed by atoms with E-state index in [0.29, 0.717) is 17.1 Å². The molecule has 1 aromatic rings. The molecule has 104 valence electrons. The highest BCUT2D eigenvalue weighted by atomic mass is 35.5. The number of carbonyl (C=O) groups excluding carboxylic acids is 2. The number of anilines is 1. The lowest BCUT2D eigenvalue weighted by Crippen LogP contribution is -2.39. The molecule has 1 rings (SSSR count). The zero-order valence-electron chi connectivity index (χ0n) is 10.9. The van der Waals surface area contributed by atoms with Crippen LogP contribution >= 0.6 is 11.6 Å². The van der Waals surface area contributed by atoms with Gasteiger partial charge in [0.25, 0.3) is 5.91 Å². The SMILES string of the molecule is CCCCN(CC(N)=O)C(=O)c1cccc(Cl)c1N. The highest BCUT2D eigenvalue weighted by Crippen LogP contribution is 2.23. The molecule has 0 atom stereocenters. The van der Waals surface area contributed by atoms with Crippen molar-refractivity contribution in [3.05, 3.63) is 28.8 Å². The van der Waals surface area contributed by atoms with Crippen LogP contribution in [0.15, 0.2) is 18.2 Å². The second-order valence-electron chi connectivity index (χ2n) is 4.25. The van der Waals surface area contributed by atoms with Crippen molar-refractivity contribution < 1.29 is 9.59 Å². The van der Waals surface area contributed by atoms with Gasteiger partial charge in [-0.25, -0.2) is 0 Å². The number of rotatable bonds is 6. The highest BCUT2D eigenvalue weighted by molar-refractivity contribution is 6.33. The standard InChI is InChI=1S/C13H18ClN3O2/c1-2-3-7-17(8-11(15)18)13(19)9-5-4-6-10(14)12(9)16/h4-6H,2-3,7-8,16H2,1H3,(H2,15,18). The van der Waals surface area contributed by atoms with Crippen LogP contribution in [0.3, 0.4) is 0 Å². The summed E-state index contributed by atoms with van der Waals surface area (Å²) in [6.45, 7) is 2.34. The van der Waals surface area contributed by atoms with Crippen LogP contribution in [-0.2, 0) is 4.79 Å². The topological polar surface area (TPSA) is 89.4 Å². The van der Waals surface area contributed by atoms with Crippen molar-refractivity contribution in [3.63, 3.8) is 0 Å². The van der Waals surface area contributed by atoms with E-state index >= 15 is 0 Å². The Morgan fingerprint density at radius 2 is 2.05 bits per heavy atom. The number of hydrogen-bond donors (Lipinski definition) is 2. The van der Waals surface area contributed by atoms with E-state index in [9.17, 15) is 9.59 Å². The maximum absolute atomic E-state index is 12.3. The Morgan fingerprint density at radius 3 is 2.63 bits per heavy atom. The Hall–Kier alpha value is -1.75. The normalized spacial score (nSPS) is 10.2. The first kappa shape index (κ1) is 15.3. The number of halogens is 1. The smallest absolute Gasteiger partial charge is 0.256 e. The third kappa shape index (κ3) is 4.13. The maximum Gasteiger partial charge on any atom is 0.256 e. The third-order valence-electron chi connectivity index (χ3n) is 2.70. The van der Waals surface area contributed by atoms with Gasteiger partial charge in [0.2, 0.25) is 5.91 Å². The van der Waals surface area contributed by atoms with Crippen LogP contribution in [0.1, 0.15) is 30.1 Å². The number of nitrogens with zero attached hydrogens (tertiary/aromatic N) is 1. The largest absolute Gasteiger partial charge is 0.397 e. The molecule has 2 amide bonds. The van der Waals surface area contributed by atoms with Crippen molar-refractivity contribution in [2.24, 2.45) is 5.73 Å². The minimum absolute atomic E-state index is 0.120. The van der Waals surface area contributed by atoms with Crippen LogP contribution in [0.2, 0.25) is 5.02 Å². The number of unbranched alkanes of at least 4 members (excludes halogenated alkanes) is 1. The number of carbonyl (C=O) groups is 2. The van der Waals surface area contributed by atoms with Crippen LogP contribution in [0.25, 0.3) is 0 Å². The van der Waals surface area contributed by atoms with E-state index < -0.39 is 5.91 Å². The van der Waals surface area contributed by atoms with Gasteiger partial charge in [0, 0.05) is 6.54 Å². The molecule has 19 heavy (non-hydrogen) atoms. The van der Waals surface area contributed by atoms with Crippen LogP contribution in [-0.4, -0.2) is 29.8 Å². The first-order valence-electron chi connectivity index (χ1n) is 6.09. The molecule has 0 unspecified atom stereocenters. The van der Waals surface area contributed by atoms with Gasteiger partial charge in [0.15, 0.2) is 0 Å². The molecule has 1 aromatic carbocycles. The van der Waals surface area contributed by atoms with Crippen LogP contribution < -0.4 is 11.5 Å². The lowest BCUT2D eigenvalue weighted by atomic mass is 10.1. The fraction of sp³-hybridized carbons (Fsp3) is 0.385. The van der Waals surface area contributed by atoms with E-state index in [4.69, 9.17) is 23.1 Å². The fourth-order valence-corrected chi connectivity index (χ4v) is 1.86. The summed E-state index contributed by atoms with van der Waals surface area (Å²) in [6.07, 6.45) is 1.70. The summed E-state index contributed by atoms with van der Waals surface area (Å²) in [5.74, 6) is -0.877. The molecule has 0 aliphatic heterocycles. The van der Waals surface area contributed by atoms with Crippen LogP contribution in [0.5, 0.6) is 0 Å². The number of amides is 2. The predicted octanol–water partition coefficient (Wildman–Crippen LogP) is 1.65. The number of hydrogen-bond acceptors (Lipinski definition) is 3. The van der Waals surface area contributed by atoms with Crippen molar-refractivity contribution in [3.8, 4) is 0 Å². The highest BCUT2D eigenvalue weighted by Gasteiger charge is 2.20. The van der Waals surface area contributed by atoms with Crippen molar-refractivity contribution in [2.45, 2.75) is 19.8 Å². The molecule has 0 aromatic heterocycles. The van der Waals surface area contributed by atoms with E-state index in [1.54, 1.807) is 18.2 Å². The minimum atomic E-state index is -0.551. The molecule has 0 spiro atoms. The first-order valence-corrected chi connectivity index (χ1v) is 6.46. The van der Waals surface area contributed by atoms with Gasteiger partial charge in [0.1, 0.15) is 0 Å². The first-order chi connectivity index (χ1) is 8.97. The minimum Gasteiger partial charge on any atom is -0.397 e. The average Bonchev–Trinajstić information content (AvgIpc) is 2.36. The molecule has 0 aliphatic rings. The van der Waals surface area contributed by atoms with Crippen molar-refractivity contribution in [1.82, 2.24) is 4.90 Å². The monoisotopic (exact) mass is 283 g/mol. The summed E-state index contributed by atoms with van der Waals surface area (Å²) in [4.78, 5) is 24.8. The zero-order chi connectivity index (χ0) is 14.4. The Labute approximate surface area is 117 Å². The molecular formula is C13H18ClN3O2. The van der Waals surface area contributed by atoms with Gasteiger partial charge in [-0.2, -0.15) is 0 Å². The van der Waals surface area contributed by atoms with E-state index in [1.165, 1.54) is 4.90 Å². The zero-order valence-corrected chi connectivity index (χ0v) is 11.6. The average molecular weight is 284 g/mol. The van der Waals surface area contributed by atoms with Gasteiger partial charge in [-0.3, -0.25) is 9.59 Å². The van der Waals surface area contributed by atoms with Crippen molar-refractivity contribution in [1.29, 1.82) is 0 Å². The van der Waals surface area contributed by atoms with E-state index in [0.717, 1.165) is 12.8 Å². The molecule has 4 N–H and O–H groups in total. The molecule has 0 saturated heterocycles. The fourth-order valence-electron chi connectivity index (χ4n) is 1.68. The molecule has 0 fully saturated rings. The molecule has 0 radical (unpaired) electrons. The molecule has 0 aliphatic carbocycles. The van der Waals surface area contributed by atoms with E-state index in [1.807, 2.05) is 6.92 Å². The second-order valence-corrected chi connectivity index (χ2v) is 4.65.